The normalized spacial score (nSPS) is 12.0. The van der Waals surface area contributed by atoms with Crippen molar-refractivity contribution in [2.45, 2.75) is 6.04 Å². The first-order valence-electron chi connectivity index (χ1n) is 9.24. The Bertz CT molecular complexity index is 1170. The number of fused-ring (bicyclic) bond motifs is 1. The molecule has 1 amide bonds. The van der Waals surface area contributed by atoms with Gasteiger partial charge in [0.15, 0.2) is 11.7 Å². The van der Waals surface area contributed by atoms with Crippen LogP contribution in [0.4, 0.5) is 9.52 Å². The second kappa shape index (κ2) is 9.13. The van der Waals surface area contributed by atoms with Gasteiger partial charge in [-0.1, -0.05) is 29.5 Å². The van der Waals surface area contributed by atoms with Gasteiger partial charge in [0, 0.05) is 19.0 Å². The number of ether oxygens (including phenoxy) is 1. The monoisotopic (exact) mass is 475 g/mol. The molecule has 3 heterocycles. The molecule has 3 aromatic heterocycles. The molecule has 0 bridgehead atoms. The van der Waals surface area contributed by atoms with E-state index in [1.807, 2.05) is 36.5 Å². The van der Waals surface area contributed by atoms with Gasteiger partial charge in [-0.15, -0.1) is 22.7 Å². The van der Waals surface area contributed by atoms with Crippen molar-refractivity contribution in [2.24, 2.45) is 0 Å². The number of benzene rings is 1. The second-order valence-electron chi connectivity index (χ2n) is 6.81. The molecule has 0 aliphatic heterocycles. The summed E-state index contributed by atoms with van der Waals surface area (Å²) in [5, 5.41) is 5.62. The minimum atomic E-state index is -0.564. The summed E-state index contributed by atoms with van der Waals surface area (Å²) in [5.74, 6) is -1.36. The summed E-state index contributed by atoms with van der Waals surface area (Å²) in [6, 6.07) is 11.0. The SMILES string of the molecule is CN(C)c1nc2sc(C(=O)OCC(=O)NC(c3ccc(F)cc3)c3cccs3)cc2s1. The second-order valence-corrected chi connectivity index (χ2v) is 9.83. The van der Waals surface area contributed by atoms with Gasteiger partial charge in [-0.2, -0.15) is 0 Å². The molecule has 1 aromatic carbocycles. The van der Waals surface area contributed by atoms with Crippen LogP contribution in [0.25, 0.3) is 9.53 Å². The summed E-state index contributed by atoms with van der Waals surface area (Å²) >= 11 is 4.20. The first kappa shape index (κ1) is 21.4. The van der Waals surface area contributed by atoms with Gasteiger partial charge in [-0.3, -0.25) is 4.79 Å². The Kier molecular flexibility index (Phi) is 6.30. The third kappa shape index (κ3) is 4.92. The molecule has 0 radical (unpaired) electrons. The maximum Gasteiger partial charge on any atom is 0.348 e. The summed E-state index contributed by atoms with van der Waals surface area (Å²) in [4.78, 5) is 33.3. The number of halogens is 1. The lowest BCUT2D eigenvalue weighted by Gasteiger charge is -2.18. The van der Waals surface area contributed by atoms with Crippen molar-refractivity contribution < 1.29 is 18.7 Å². The van der Waals surface area contributed by atoms with Crippen LogP contribution in [0.2, 0.25) is 0 Å². The van der Waals surface area contributed by atoms with E-state index in [0.717, 1.165) is 25.1 Å². The Labute approximate surface area is 189 Å². The first-order valence-corrected chi connectivity index (χ1v) is 11.7. The number of carbonyl (C=O) groups excluding carboxylic acids is 2. The average Bonchev–Trinajstić information content (AvgIpc) is 3.47. The van der Waals surface area contributed by atoms with Gasteiger partial charge in [-0.05, 0) is 35.2 Å². The highest BCUT2D eigenvalue weighted by molar-refractivity contribution is 7.29. The van der Waals surface area contributed by atoms with Crippen LogP contribution in [-0.4, -0.2) is 37.6 Å². The molecule has 0 fully saturated rings. The number of esters is 1. The zero-order valence-corrected chi connectivity index (χ0v) is 19.1. The van der Waals surface area contributed by atoms with E-state index in [1.54, 1.807) is 18.2 Å². The number of hydrogen-bond acceptors (Lipinski definition) is 8. The summed E-state index contributed by atoms with van der Waals surface area (Å²) in [5.41, 5.74) is 0.741. The van der Waals surface area contributed by atoms with Crippen LogP contribution >= 0.6 is 34.0 Å². The highest BCUT2D eigenvalue weighted by atomic mass is 32.1. The van der Waals surface area contributed by atoms with E-state index in [4.69, 9.17) is 4.74 Å². The number of carbonyl (C=O) groups is 2. The van der Waals surface area contributed by atoms with Crippen LogP contribution in [0.5, 0.6) is 0 Å². The number of nitrogens with one attached hydrogen (secondary N) is 1. The van der Waals surface area contributed by atoms with Crippen molar-refractivity contribution in [1.82, 2.24) is 10.3 Å². The fourth-order valence-corrected chi connectivity index (χ4v) is 5.68. The number of rotatable bonds is 7. The Morgan fingerprint density at radius 3 is 2.61 bits per heavy atom. The molecule has 160 valence electrons. The quantitative estimate of drug-likeness (QED) is 0.393. The number of hydrogen-bond donors (Lipinski definition) is 1. The lowest BCUT2D eigenvalue weighted by molar-refractivity contribution is -0.124. The van der Waals surface area contributed by atoms with Crippen molar-refractivity contribution in [3.05, 3.63) is 69.0 Å². The minimum Gasteiger partial charge on any atom is -0.451 e. The Balaban J connectivity index is 1.40. The number of nitrogens with zero attached hydrogens (tertiary/aromatic N) is 2. The van der Waals surface area contributed by atoms with Crippen LogP contribution in [-0.2, 0) is 9.53 Å². The van der Waals surface area contributed by atoms with Crippen LogP contribution in [0, 0.1) is 5.82 Å². The summed E-state index contributed by atoms with van der Waals surface area (Å²) in [6.07, 6.45) is 0. The van der Waals surface area contributed by atoms with E-state index >= 15 is 0 Å². The average molecular weight is 476 g/mol. The van der Waals surface area contributed by atoms with E-state index in [1.165, 1.54) is 46.1 Å². The molecule has 0 saturated heterocycles. The molecule has 4 rings (SSSR count). The number of thiophene rings is 2. The molecule has 1 N–H and O–H groups in total. The molecule has 6 nitrogen and oxygen atoms in total. The molecule has 31 heavy (non-hydrogen) atoms. The van der Waals surface area contributed by atoms with Crippen molar-refractivity contribution in [3.63, 3.8) is 0 Å². The van der Waals surface area contributed by atoms with Crippen molar-refractivity contribution in [1.29, 1.82) is 0 Å². The maximum absolute atomic E-state index is 13.3. The van der Waals surface area contributed by atoms with E-state index in [9.17, 15) is 14.0 Å². The number of thiazole rings is 1. The fourth-order valence-electron chi connectivity index (χ4n) is 2.85. The van der Waals surface area contributed by atoms with Crippen molar-refractivity contribution in [2.75, 3.05) is 25.6 Å². The lowest BCUT2D eigenvalue weighted by Crippen LogP contribution is -2.32. The fraction of sp³-hybridized carbons (Fsp3) is 0.190. The zero-order valence-electron chi connectivity index (χ0n) is 16.6. The Morgan fingerprint density at radius 2 is 1.97 bits per heavy atom. The van der Waals surface area contributed by atoms with Crippen LogP contribution in [0.3, 0.4) is 0 Å². The predicted molar refractivity (Wildman–Crippen MR) is 123 cm³/mol. The number of anilines is 1. The highest BCUT2D eigenvalue weighted by Gasteiger charge is 2.20. The Hall–Kier alpha value is -2.82. The van der Waals surface area contributed by atoms with Crippen LogP contribution < -0.4 is 10.2 Å². The standard InChI is InChI=1S/C21H18FN3O3S3/c1-25(2)21-24-19-15(31-21)10-16(30-19)20(27)28-11-17(26)23-18(14-4-3-9-29-14)12-5-7-13(22)8-6-12/h3-10,18H,11H2,1-2H3,(H,23,26). The molecule has 10 heteroatoms. The van der Waals surface area contributed by atoms with Gasteiger partial charge in [0.1, 0.15) is 15.5 Å². The van der Waals surface area contributed by atoms with E-state index in [0.29, 0.717) is 4.88 Å². The van der Waals surface area contributed by atoms with E-state index < -0.39 is 24.5 Å². The number of aromatic nitrogens is 1. The number of amides is 1. The molecule has 0 spiro atoms. The molecule has 0 aliphatic rings. The van der Waals surface area contributed by atoms with E-state index in [-0.39, 0.29) is 5.82 Å². The maximum atomic E-state index is 13.3. The molecular formula is C21H18FN3O3S3. The van der Waals surface area contributed by atoms with Gasteiger partial charge in [-0.25, -0.2) is 14.2 Å². The zero-order chi connectivity index (χ0) is 22.0. The van der Waals surface area contributed by atoms with Crippen LogP contribution in [0.1, 0.15) is 26.2 Å². The van der Waals surface area contributed by atoms with Gasteiger partial charge in [0.05, 0.1) is 10.7 Å². The smallest absolute Gasteiger partial charge is 0.348 e. The summed E-state index contributed by atoms with van der Waals surface area (Å²) in [6.45, 7) is -0.413. The van der Waals surface area contributed by atoms with Gasteiger partial charge < -0.3 is 15.0 Å². The topological polar surface area (TPSA) is 71.5 Å². The Morgan fingerprint density at radius 1 is 1.19 bits per heavy atom. The molecule has 0 saturated carbocycles. The van der Waals surface area contributed by atoms with Gasteiger partial charge >= 0.3 is 5.97 Å². The molecule has 4 aromatic rings. The lowest BCUT2D eigenvalue weighted by atomic mass is 10.1. The third-order valence-corrected chi connectivity index (χ3v) is 7.58. The van der Waals surface area contributed by atoms with Crippen molar-refractivity contribution in [3.8, 4) is 0 Å². The van der Waals surface area contributed by atoms with E-state index in [2.05, 4.69) is 10.3 Å². The van der Waals surface area contributed by atoms with Gasteiger partial charge in [0.25, 0.3) is 5.91 Å². The largest absolute Gasteiger partial charge is 0.451 e. The van der Waals surface area contributed by atoms with Crippen molar-refractivity contribution >= 4 is 60.5 Å². The predicted octanol–water partition coefficient (Wildman–Crippen LogP) is 4.69. The first-order chi connectivity index (χ1) is 14.9. The summed E-state index contributed by atoms with van der Waals surface area (Å²) in [7, 11) is 3.82. The molecule has 0 aliphatic carbocycles. The molecule has 1 atom stereocenters. The minimum absolute atomic E-state index is 0.350. The highest BCUT2D eigenvalue weighted by Crippen LogP contribution is 2.34. The van der Waals surface area contributed by atoms with Gasteiger partial charge in [0.2, 0.25) is 0 Å². The molecule has 1 unspecified atom stereocenters. The third-order valence-electron chi connectivity index (χ3n) is 4.33. The molecular weight excluding hydrogens is 457 g/mol. The summed E-state index contributed by atoms with van der Waals surface area (Å²) < 4.78 is 19.4. The van der Waals surface area contributed by atoms with Crippen LogP contribution in [0.15, 0.2) is 47.8 Å².